The van der Waals surface area contributed by atoms with Crippen molar-refractivity contribution in [1.82, 2.24) is 19.9 Å². The van der Waals surface area contributed by atoms with E-state index in [1.165, 1.54) is 0 Å². The Balaban J connectivity index is 1.56. The van der Waals surface area contributed by atoms with Crippen molar-refractivity contribution in [2.24, 2.45) is 0 Å². The third-order valence-corrected chi connectivity index (χ3v) is 11.3. The van der Waals surface area contributed by atoms with Crippen LogP contribution < -0.4 is 9.47 Å². The number of benzene rings is 4. The Morgan fingerprint density at radius 1 is 0.297 bits per heavy atom. The number of halogens is 18. The Hall–Kier alpha value is -8.26. The highest BCUT2D eigenvalue weighted by Crippen LogP contribution is 2.46. The Bertz CT molecular complexity index is 3480. The van der Waals surface area contributed by atoms with Crippen molar-refractivity contribution < 1.29 is 98.7 Å². The second-order valence-corrected chi connectivity index (χ2v) is 15.5. The van der Waals surface area contributed by atoms with Gasteiger partial charge < -0.3 is 29.7 Å². The predicted molar refractivity (Wildman–Crippen MR) is 225 cm³/mol. The first-order chi connectivity index (χ1) is 35.2. The molecule has 7 aromatic rings. The molecule has 26 heteroatoms. The summed E-state index contributed by atoms with van der Waals surface area (Å²) in [5.74, 6) is -48.0. The summed E-state index contributed by atoms with van der Waals surface area (Å²) in [5, 5.41) is 18.3. The molecule has 74 heavy (non-hydrogen) atoms. The van der Waals surface area contributed by atoms with E-state index < -0.39 is 232 Å². The molecular weight excluding hydrogens is 1040 g/mol. The third-order valence-electron chi connectivity index (χ3n) is 11.3. The minimum absolute atomic E-state index is 0.635. The molecule has 9 rings (SSSR count). The molecule has 0 amide bonds. The van der Waals surface area contributed by atoms with Crippen molar-refractivity contribution in [2.75, 3.05) is 26.4 Å². The monoisotopic (exact) mass is 1060 g/mol. The van der Waals surface area contributed by atoms with E-state index in [0.29, 0.717) is 48.6 Å². The molecule has 8 nitrogen and oxygen atoms in total. The Labute approximate surface area is 398 Å². The normalized spacial score (nSPS) is 12.2. The van der Waals surface area contributed by atoms with E-state index in [1.807, 2.05) is 0 Å². The maximum Gasteiger partial charge on any atom is 0.204 e. The smallest absolute Gasteiger partial charge is 0.204 e. The fourth-order valence-corrected chi connectivity index (χ4v) is 8.12. The van der Waals surface area contributed by atoms with Crippen molar-refractivity contribution in [3.05, 3.63) is 152 Å². The molecule has 3 aromatic heterocycles. The van der Waals surface area contributed by atoms with Crippen LogP contribution in [0.1, 0.15) is 22.8 Å². The molecule has 0 aliphatic carbocycles. The Morgan fingerprint density at radius 3 is 0.716 bits per heavy atom. The number of fused-ring (bicyclic) bond motifs is 8. The summed E-state index contributed by atoms with van der Waals surface area (Å²) < 4.78 is 291. The Morgan fingerprint density at radius 2 is 0.500 bits per heavy atom. The molecule has 4 aromatic carbocycles. The van der Waals surface area contributed by atoms with Gasteiger partial charge in [-0.15, -0.1) is 0 Å². The van der Waals surface area contributed by atoms with Gasteiger partial charge in [0.05, 0.1) is 58.2 Å². The quantitative estimate of drug-likeness (QED) is 0.0616. The van der Waals surface area contributed by atoms with Gasteiger partial charge in [-0.3, -0.25) is 0 Å². The lowest BCUT2D eigenvalue weighted by Gasteiger charge is -2.14. The van der Waals surface area contributed by atoms with E-state index in [9.17, 15) is 8.78 Å². The van der Waals surface area contributed by atoms with Crippen LogP contribution in [0.2, 0.25) is 0 Å². The standard InChI is InChI=1S/C48H20F18N4O4/c49-29-25(30(50)38(58)41(61)37(29)57)21-13-1-2-14(67-13)22(26-31(51)39(59)42(62)40(60)32(26)52)16-4-6-18(69-16)24(28-35(55)45(65)48(74-12-10-72)46(66)36(28)56)20-8-7-19(70-20)23(17-5-3-15(21)68-17)27-33(53)43(63)47(73-11-9-71)44(64)34(27)54/h1-8,68-69,71-72H,9-12H2. The van der Waals surface area contributed by atoms with Crippen LogP contribution in [-0.4, -0.2) is 56.6 Å². The van der Waals surface area contributed by atoms with E-state index in [2.05, 4.69) is 29.4 Å². The van der Waals surface area contributed by atoms with Crippen LogP contribution in [0.25, 0.3) is 90.9 Å². The van der Waals surface area contributed by atoms with Crippen LogP contribution in [0.4, 0.5) is 79.0 Å². The van der Waals surface area contributed by atoms with Gasteiger partial charge in [0.1, 0.15) is 13.2 Å². The van der Waals surface area contributed by atoms with Crippen LogP contribution in [0.3, 0.4) is 0 Å². The number of aliphatic hydroxyl groups is 2. The minimum Gasteiger partial charge on any atom is -0.485 e. The van der Waals surface area contributed by atoms with Crippen LogP contribution in [0.15, 0.2) is 24.3 Å². The fourth-order valence-electron chi connectivity index (χ4n) is 8.12. The second kappa shape index (κ2) is 19.0. The van der Waals surface area contributed by atoms with Crippen LogP contribution in [0, 0.1) is 105 Å². The summed E-state index contributed by atoms with van der Waals surface area (Å²) in [6, 6.07) is 2.75. The summed E-state index contributed by atoms with van der Waals surface area (Å²) >= 11 is 0. The van der Waals surface area contributed by atoms with Crippen LogP contribution in [-0.2, 0) is 0 Å². The first kappa shape index (κ1) is 50.7. The minimum atomic E-state index is -2.70. The summed E-state index contributed by atoms with van der Waals surface area (Å²) in [6.07, 6.45) is 2.64. The summed E-state index contributed by atoms with van der Waals surface area (Å²) in [7, 11) is 0. The summed E-state index contributed by atoms with van der Waals surface area (Å²) in [4.78, 5) is 12.7. The molecule has 382 valence electrons. The zero-order valence-corrected chi connectivity index (χ0v) is 35.9. The first-order valence-electron chi connectivity index (χ1n) is 20.6. The van der Waals surface area contributed by atoms with Gasteiger partial charge in [0.2, 0.25) is 34.9 Å². The number of ether oxygens (including phenoxy) is 2. The maximum atomic E-state index is 16.4. The highest BCUT2D eigenvalue weighted by Gasteiger charge is 2.36. The number of hydrogen-bond donors (Lipinski definition) is 4. The van der Waals surface area contributed by atoms with E-state index in [-0.39, 0.29) is 0 Å². The number of aromatic nitrogens is 4. The number of nitrogens with one attached hydrogen (secondary N) is 2. The predicted octanol–water partition coefficient (Wildman–Crippen LogP) is 12.6. The molecule has 0 unspecified atom stereocenters. The molecule has 8 bridgehead atoms. The molecule has 2 aliphatic heterocycles. The van der Waals surface area contributed by atoms with Crippen LogP contribution >= 0.6 is 0 Å². The fraction of sp³-hybridized carbons (Fsp3) is 0.0833. The molecule has 0 spiro atoms. The van der Waals surface area contributed by atoms with Crippen molar-refractivity contribution >= 4 is 46.4 Å². The number of H-pyrrole nitrogens is 2. The third kappa shape index (κ3) is 7.77. The Kier molecular flexibility index (Phi) is 13.0. The number of aliphatic hydroxyl groups excluding tert-OH is 2. The van der Waals surface area contributed by atoms with Crippen molar-refractivity contribution in [3.63, 3.8) is 0 Å². The van der Waals surface area contributed by atoms with Gasteiger partial charge in [-0.2, -0.15) is 17.6 Å². The molecule has 0 atom stereocenters. The number of nitrogens with zero attached hydrogens (tertiary/aromatic N) is 2. The molecule has 4 N–H and O–H groups in total. The molecule has 0 fully saturated rings. The van der Waals surface area contributed by atoms with E-state index >= 15 is 70.2 Å². The molecular formula is C48H20F18N4O4. The van der Waals surface area contributed by atoms with Gasteiger partial charge in [-0.25, -0.2) is 71.4 Å². The maximum absolute atomic E-state index is 16.4. The summed E-state index contributed by atoms with van der Waals surface area (Å²) in [6.45, 7) is -3.77. The van der Waals surface area contributed by atoms with Gasteiger partial charge in [-0.05, 0) is 48.6 Å². The van der Waals surface area contributed by atoms with Crippen LogP contribution in [0.5, 0.6) is 11.5 Å². The molecule has 0 saturated heterocycles. The number of hydrogen-bond acceptors (Lipinski definition) is 6. The van der Waals surface area contributed by atoms with E-state index in [4.69, 9.17) is 10.2 Å². The van der Waals surface area contributed by atoms with Crippen molar-refractivity contribution in [3.8, 4) is 56.0 Å². The zero-order chi connectivity index (χ0) is 53.5. The topological polar surface area (TPSA) is 116 Å². The van der Waals surface area contributed by atoms with E-state index in [1.54, 1.807) is 0 Å². The largest absolute Gasteiger partial charge is 0.485 e. The lowest BCUT2D eigenvalue weighted by Crippen LogP contribution is -2.10. The van der Waals surface area contributed by atoms with Gasteiger partial charge in [0, 0.05) is 44.3 Å². The molecule has 0 radical (unpaired) electrons. The molecule has 5 heterocycles. The zero-order valence-electron chi connectivity index (χ0n) is 35.9. The number of rotatable bonds is 10. The summed E-state index contributed by atoms with van der Waals surface area (Å²) in [5.41, 5.74) is -19.4. The number of aromatic amines is 2. The average molecular weight is 1060 g/mol. The van der Waals surface area contributed by atoms with E-state index in [0.717, 1.165) is 0 Å². The lowest BCUT2D eigenvalue weighted by molar-refractivity contribution is 0.187. The highest BCUT2D eigenvalue weighted by atomic mass is 19.2. The van der Waals surface area contributed by atoms with Crippen molar-refractivity contribution in [1.29, 1.82) is 0 Å². The highest BCUT2D eigenvalue weighted by molar-refractivity contribution is 6.00. The lowest BCUT2D eigenvalue weighted by atomic mass is 10.0. The first-order valence-corrected chi connectivity index (χ1v) is 20.6. The molecule has 2 aliphatic rings. The average Bonchev–Trinajstić information content (AvgIpc) is 4.25. The SMILES string of the molecule is OCCOc1c(F)c(F)c(-c2c3nc(c(-c4c(F)c(F)c(OCCO)c(F)c4F)c4ccc([nH]4)c(-c4c(F)c(F)c(F)c(F)c4F)c4nc(c(-c5c(F)c(F)c(F)c(F)c5F)c5ccc2[nH]5)C=C4)C=C3)c(F)c1F. The second-order valence-electron chi connectivity index (χ2n) is 15.5. The van der Waals surface area contributed by atoms with Crippen molar-refractivity contribution in [2.45, 2.75) is 0 Å². The van der Waals surface area contributed by atoms with Gasteiger partial charge in [-0.1, -0.05) is 0 Å². The van der Waals surface area contributed by atoms with Gasteiger partial charge in [0.25, 0.3) is 0 Å². The van der Waals surface area contributed by atoms with Gasteiger partial charge >= 0.3 is 0 Å². The van der Waals surface area contributed by atoms with Gasteiger partial charge in [0.15, 0.2) is 81.3 Å². The molecule has 0 saturated carbocycles.